The SMILES string of the molecule is Cc1cc([C@H]2c3cc(Br)ccc3CC[C@@H]2[N+](=O)[O-])c(C)[nH]1. The highest BCUT2D eigenvalue weighted by atomic mass is 79.9. The van der Waals surface area contributed by atoms with E-state index in [0.29, 0.717) is 6.42 Å². The van der Waals surface area contributed by atoms with Crippen molar-refractivity contribution in [2.24, 2.45) is 0 Å². The van der Waals surface area contributed by atoms with E-state index in [4.69, 9.17) is 0 Å². The lowest BCUT2D eigenvalue weighted by atomic mass is 9.76. The van der Waals surface area contributed by atoms with E-state index in [1.807, 2.05) is 32.0 Å². The van der Waals surface area contributed by atoms with Crippen LogP contribution in [-0.4, -0.2) is 15.9 Å². The molecule has 0 amide bonds. The lowest BCUT2D eigenvalue weighted by Gasteiger charge is -2.28. The van der Waals surface area contributed by atoms with Crippen LogP contribution in [0.4, 0.5) is 0 Å². The third kappa shape index (κ3) is 2.50. The molecule has 1 aliphatic carbocycles. The molecule has 0 saturated carbocycles. The van der Waals surface area contributed by atoms with Crippen LogP contribution >= 0.6 is 15.9 Å². The van der Waals surface area contributed by atoms with E-state index in [0.717, 1.165) is 33.4 Å². The van der Waals surface area contributed by atoms with Crippen molar-refractivity contribution in [2.75, 3.05) is 0 Å². The molecule has 5 heteroatoms. The second-order valence-corrected chi connectivity index (χ2v) is 6.66. The fourth-order valence-corrected chi connectivity index (χ4v) is 3.81. The molecule has 0 bridgehead atoms. The molecule has 3 rings (SSSR count). The Morgan fingerprint density at radius 1 is 1.29 bits per heavy atom. The van der Waals surface area contributed by atoms with E-state index in [1.165, 1.54) is 5.56 Å². The molecule has 0 unspecified atom stereocenters. The maximum Gasteiger partial charge on any atom is 0.224 e. The van der Waals surface area contributed by atoms with Gasteiger partial charge in [-0.25, -0.2) is 0 Å². The molecular formula is C16H17BrN2O2. The van der Waals surface area contributed by atoms with Gasteiger partial charge in [0.15, 0.2) is 0 Å². The third-order valence-electron chi connectivity index (χ3n) is 4.33. The van der Waals surface area contributed by atoms with Crippen molar-refractivity contribution in [3.63, 3.8) is 0 Å². The van der Waals surface area contributed by atoms with Crippen LogP contribution in [0.2, 0.25) is 0 Å². The van der Waals surface area contributed by atoms with Crippen LogP contribution in [0.15, 0.2) is 28.7 Å². The number of rotatable bonds is 2. The maximum atomic E-state index is 11.5. The minimum Gasteiger partial charge on any atom is -0.362 e. The lowest BCUT2D eigenvalue weighted by molar-refractivity contribution is -0.526. The second kappa shape index (κ2) is 5.30. The van der Waals surface area contributed by atoms with Crippen LogP contribution in [0, 0.1) is 24.0 Å². The highest BCUT2D eigenvalue weighted by Gasteiger charge is 2.39. The largest absolute Gasteiger partial charge is 0.362 e. The molecule has 1 aromatic carbocycles. The highest BCUT2D eigenvalue weighted by molar-refractivity contribution is 9.10. The summed E-state index contributed by atoms with van der Waals surface area (Å²) < 4.78 is 0.972. The maximum absolute atomic E-state index is 11.5. The van der Waals surface area contributed by atoms with Crippen molar-refractivity contribution in [3.05, 3.63) is 66.9 Å². The Balaban J connectivity index is 2.19. The van der Waals surface area contributed by atoms with Gasteiger partial charge in [-0.2, -0.15) is 0 Å². The number of hydrogen-bond donors (Lipinski definition) is 1. The van der Waals surface area contributed by atoms with Crippen molar-refractivity contribution < 1.29 is 4.92 Å². The van der Waals surface area contributed by atoms with Crippen molar-refractivity contribution in [1.82, 2.24) is 4.98 Å². The summed E-state index contributed by atoms with van der Waals surface area (Å²) in [5.41, 5.74) is 5.43. The number of aromatic nitrogens is 1. The summed E-state index contributed by atoms with van der Waals surface area (Å²) in [7, 11) is 0. The lowest BCUT2D eigenvalue weighted by Crippen LogP contribution is -2.33. The molecule has 0 spiro atoms. The summed E-state index contributed by atoms with van der Waals surface area (Å²) in [6.45, 7) is 3.98. The molecule has 0 fully saturated rings. The van der Waals surface area contributed by atoms with E-state index in [-0.39, 0.29) is 10.8 Å². The van der Waals surface area contributed by atoms with Crippen molar-refractivity contribution in [1.29, 1.82) is 0 Å². The number of nitro groups is 1. The number of fused-ring (bicyclic) bond motifs is 1. The Morgan fingerprint density at radius 3 is 2.67 bits per heavy atom. The Labute approximate surface area is 131 Å². The van der Waals surface area contributed by atoms with Crippen LogP contribution in [0.5, 0.6) is 0 Å². The quantitative estimate of drug-likeness (QED) is 0.655. The van der Waals surface area contributed by atoms with Crippen molar-refractivity contribution in [3.8, 4) is 0 Å². The van der Waals surface area contributed by atoms with E-state index >= 15 is 0 Å². The number of nitrogens with one attached hydrogen (secondary N) is 1. The Bertz CT molecular complexity index is 708. The monoisotopic (exact) mass is 348 g/mol. The van der Waals surface area contributed by atoms with Gasteiger partial charge >= 0.3 is 0 Å². The number of nitrogens with zero attached hydrogens (tertiary/aromatic N) is 1. The summed E-state index contributed by atoms with van der Waals surface area (Å²) >= 11 is 3.49. The number of H-pyrrole nitrogens is 1. The van der Waals surface area contributed by atoms with E-state index in [9.17, 15) is 10.1 Å². The van der Waals surface area contributed by atoms with Gasteiger partial charge in [0.1, 0.15) is 0 Å². The fourth-order valence-electron chi connectivity index (χ4n) is 3.43. The van der Waals surface area contributed by atoms with E-state index in [2.05, 4.69) is 27.0 Å². The van der Waals surface area contributed by atoms with Crippen LogP contribution in [0.25, 0.3) is 0 Å². The number of aryl methyl sites for hydroxylation is 3. The number of hydrogen-bond acceptors (Lipinski definition) is 2. The molecule has 1 aromatic heterocycles. The zero-order valence-corrected chi connectivity index (χ0v) is 13.6. The van der Waals surface area contributed by atoms with Gasteiger partial charge in [0.25, 0.3) is 0 Å². The average Bonchev–Trinajstić information content (AvgIpc) is 2.75. The van der Waals surface area contributed by atoms with Gasteiger partial charge in [-0.3, -0.25) is 10.1 Å². The molecule has 1 aliphatic rings. The molecular weight excluding hydrogens is 332 g/mol. The predicted octanol–water partition coefficient (Wildman–Crippen LogP) is 4.12. The predicted molar refractivity (Wildman–Crippen MR) is 85.4 cm³/mol. The second-order valence-electron chi connectivity index (χ2n) is 5.74. The topological polar surface area (TPSA) is 58.9 Å². The Morgan fingerprint density at radius 2 is 2.05 bits per heavy atom. The number of halogens is 1. The average molecular weight is 349 g/mol. The molecule has 0 saturated heterocycles. The summed E-state index contributed by atoms with van der Waals surface area (Å²) in [4.78, 5) is 14.7. The third-order valence-corrected chi connectivity index (χ3v) is 4.83. The summed E-state index contributed by atoms with van der Waals surface area (Å²) in [6.07, 6.45) is 1.36. The van der Waals surface area contributed by atoms with Gasteiger partial charge in [0.05, 0.1) is 5.92 Å². The van der Waals surface area contributed by atoms with Crippen LogP contribution in [0.1, 0.15) is 40.4 Å². The molecule has 110 valence electrons. The Hall–Kier alpha value is -1.62. The van der Waals surface area contributed by atoms with E-state index < -0.39 is 6.04 Å². The first kappa shape index (κ1) is 14.3. The summed E-state index contributed by atoms with van der Waals surface area (Å²) in [5.74, 6) is -0.175. The molecule has 1 N–H and O–H groups in total. The van der Waals surface area contributed by atoms with Gasteiger partial charge in [-0.1, -0.05) is 22.0 Å². The minimum atomic E-state index is -0.555. The molecule has 0 radical (unpaired) electrons. The molecule has 0 aliphatic heterocycles. The normalized spacial score (nSPS) is 21.1. The van der Waals surface area contributed by atoms with Gasteiger partial charge in [0, 0.05) is 27.2 Å². The van der Waals surface area contributed by atoms with E-state index in [1.54, 1.807) is 0 Å². The molecule has 2 aromatic rings. The highest BCUT2D eigenvalue weighted by Crippen LogP contribution is 2.40. The van der Waals surface area contributed by atoms with Crippen molar-refractivity contribution in [2.45, 2.75) is 38.6 Å². The molecule has 21 heavy (non-hydrogen) atoms. The number of aromatic amines is 1. The van der Waals surface area contributed by atoms with Crippen LogP contribution in [0.3, 0.4) is 0 Å². The van der Waals surface area contributed by atoms with Crippen LogP contribution < -0.4 is 0 Å². The fraction of sp³-hybridized carbons (Fsp3) is 0.375. The zero-order valence-electron chi connectivity index (χ0n) is 12.0. The molecule has 2 atom stereocenters. The summed E-state index contributed by atoms with van der Waals surface area (Å²) in [6, 6.07) is 7.62. The first-order valence-corrected chi connectivity index (χ1v) is 7.84. The first-order valence-electron chi connectivity index (χ1n) is 7.05. The Kier molecular flexibility index (Phi) is 3.61. The number of benzene rings is 1. The molecule has 4 nitrogen and oxygen atoms in total. The first-order chi connectivity index (χ1) is 9.97. The van der Waals surface area contributed by atoms with Crippen LogP contribution in [-0.2, 0) is 6.42 Å². The zero-order chi connectivity index (χ0) is 15.1. The summed E-state index contributed by atoms with van der Waals surface area (Å²) in [5, 5.41) is 11.5. The van der Waals surface area contributed by atoms with Gasteiger partial charge in [-0.15, -0.1) is 0 Å². The van der Waals surface area contributed by atoms with Gasteiger partial charge in [0.2, 0.25) is 6.04 Å². The van der Waals surface area contributed by atoms with Gasteiger partial charge in [-0.05, 0) is 55.2 Å². The smallest absolute Gasteiger partial charge is 0.224 e. The molecule has 1 heterocycles. The minimum absolute atomic E-state index is 0.115. The standard InChI is InChI=1S/C16H17BrN2O2/c1-9-7-13(10(2)18-9)16-14-8-12(17)5-3-11(14)4-6-15(16)19(20)21/h3,5,7-8,15-16,18H,4,6H2,1-2H3/t15-,16-/m0/s1. The van der Waals surface area contributed by atoms with Crippen molar-refractivity contribution >= 4 is 15.9 Å². The van der Waals surface area contributed by atoms with Gasteiger partial charge < -0.3 is 4.98 Å².